The van der Waals surface area contributed by atoms with Crippen molar-refractivity contribution < 1.29 is 4.39 Å². The van der Waals surface area contributed by atoms with Crippen molar-refractivity contribution >= 4 is 17.4 Å². The van der Waals surface area contributed by atoms with Gasteiger partial charge in [-0.05, 0) is 54.7 Å². The summed E-state index contributed by atoms with van der Waals surface area (Å²) in [6.07, 6.45) is 10.7. The summed E-state index contributed by atoms with van der Waals surface area (Å²) in [6.45, 7) is 0.505. The first-order chi connectivity index (χ1) is 14.7. The molecule has 5 heteroatoms. The summed E-state index contributed by atoms with van der Waals surface area (Å²) in [5.41, 5.74) is 3.65. The molecule has 0 radical (unpaired) electrons. The molecule has 0 amide bonds. The molecule has 4 rings (SSSR count). The average Bonchev–Trinajstić information content (AvgIpc) is 2.78. The molecule has 1 aliphatic rings. The van der Waals surface area contributed by atoms with Gasteiger partial charge in [-0.15, -0.1) is 0 Å². The van der Waals surface area contributed by atoms with Crippen LogP contribution in [0.5, 0.6) is 0 Å². The van der Waals surface area contributed by atoms with Crippen LogP contribution in [-0.2, 0) is 13.0 Å². The van der Waals surface area contributed by atoms with Crippen LogP contribution in [0.3, 0.4) is 0 Å². The summed E-state index contributed by atoms with van der Waals surface area (Å²) in [7, 11) is 0. The third kappa shape index (κ3) is 5.57. The first kappa shape index (κ1) is 20.8. The number of nitrogens with zero attached hydrogens (tertiary/aromatic N) is 2. The van der Waals surface area contributed by atoms with Crippen LogP contribution in [0.4, 0.5) is 10.2 Å². The molecule has 30 heavy (non-hydrogen) atoms. The number of aromatic nitrogens is 2. The summed E-state index contributed by atoms with van der Waals surface area (Å²) in [5, 5.41) is 3.87. The number of benzene rings is 1. The molecule has 2 heterocycles. The van der Waals surface area contributed by atoms with Gasteiger partial charge in [-0.25, -0.2) is 9.37 Å². The molecule has 1 saturated carbocycles. The molecule has 0 bridgehead atoms. The maximum absolute atomic E-state index is 13.4. The van der Waals surface area contributed by atoms with Crippen molar-refractivity contribution in [3.8, 4) is 11.3 Å². The van der Waals surface area contributed by atoms with Crippen LogP contribution in [0.2, 0.25) is 5.02 Å². The van der Waals surface area contributed by atoms with Gasteiger partial charge in [0.2, 0.25) is 0 Å². The van der Waals surface area contributed by atoms with E-state index in [9.17, 15) is 4.39 Å². The molecule has 0 aliphatic heterocycles. The van der Waals surface area contributed by atoms with Crippen LogP contribution in [0.15, 0.2) is 54.7 Å². The van der Waals surface area contributed by atoms with Crippen molar-refractivity contribution in [3.05, 3.63) is 76.8 Å². The highest BCUT2D eigenvalue weighted by atomic mass is 35.5. The van der Waals surface area contributed by atoms with E-state index in [0.29, 0.717) is 11.6 Å². The van der Waals surface area contributed by atoms with Gasteiger partial charge in [0.15, 0.2) is 0 Å². The van der Waals surface area contributed by atoms with Gasteiger partial charge in [-0.3, -0.25) is 4.98 Å². The van der Waals surface area contributed by atoms with Crippen LogP contribution >= 0.6 is 11.6 Å². The minimum absolute atomic E-state index is 0.236. The van der Waals surface area contributed by atoms with Crippen molar-refractivity contribution in [3.63, 3.8) is 0 Å². The number of anilines is 1. The van der Waals surface area contributed by atoms with Crippen molar-refractivity contribution in [1.82, 2.24) is 9.97 Å². The van der Waals surface area contributed by atoms with Crippen molar-refractivity contribution in [2.24, 2.45) is 5.92 Å². The lowest BCUT2D eigenvalue weighted by Gasteiger charge is -2.21. The summed E-state index contributed by atoms with van der Waals surface area (Å²) >= 11 is 6.46. The molecule has 3 aromatic rings. The van der Waals surface area contributed by atoms with E-state index in [1.54, 1.807) is 12.3 Å². The molecule has 2 aromatic heterocycles. The van der Waals surface area contributed by atoms with Gasteiger partial charge in [0, 0.05) is 24.0 Å². The Morgan fingerprint density at radius 3 is 2.70 bits per heavy atom. The highest BCUT2D eigenvalue weighted by Crippen LogP contribution is 2.30. The molecule has 1 fully saturated rings. The largest absolute Gasteiger partial charge is 0.366 e. The molecule has 0 unspecified atom stereocenters. The van der Waals surface area contributed by atoms with E-state index in [-0.39, 0.29) is 5.82 Å². The van der Waals surface area contributed by atoms with Gasteiger partial charge in [-0.2, -0.15) is 0 Å². The highest BCUT2D eigenvalue weighted by molar-refractivity contribution is 6.33. The summed E-state index contributed by atoms with van der Waals surface area (Å²) < 4.78 is 13.4. The van der Waals surface area contributed by atoms with Crippen molar-refractivity contribution in [1.29, 1.82) is 0 Å². The minimum atomic E-state index is -0.236. The molecule has 3 nitrogen and oxygen atoms in total. The monoisotopic (exact) mass is 423 g/mol. The number of hydrogen-bond donors (Lipinski definition) is 1. The van der Waals surface area contributed by atoms with E-state index in [1.165, 1.54) is 50.7 Å². The van der Waals surface area contributed by atoms with Crippen LogP contribution in [0.25, 0.3) is 11.3 Å². The molecular weight excluding hydrogens is 397 g/mol. The predicted octanol–water partition coefficient (Wildman–Crippen LogP) is 7.06. The number of halogens is 2. The summed E-state index contributed by atoms with van der Waals surface area (Å²) in [5.74, 6) is 1.32. The van der Waals surface area contributed by atoms with E-state index in [1.807, 2.05) is 24.3 Å². The van der Waals surface area contributed by atoms with Crippen LogP contribution < -0.4 is 5.32 Å². The first-order valence-corrected chi connectivity index (χ1v) is 11.2. The predicted molar refractivity (Wildman–Crippen MR) is 121 cm³/mol. The fourth-order valence-corrected chi connectivity index (χ4v) is 4.37. The zero-order valence-electron chi connectivity index (χ0n) is 17.1. The van der Waals surface area contributed by atoms with Gasteiger partial charge in [0.1, 0.15) is 11.6 Å². The van der Waals surface area contributed by atoms with E-state index >= 15 is 0 Å². The molecule has 0 atom stereocenters. The van der Waals surface area contributed by atoms with Crippen molar-refractivity contribution in [2.45, 2.75) is 51.5 Å². The van der Waals surface area contributed by atoms with Crippen LogP contribution in [-0.4, -0.2) is 9.97 Å². The Kier molecular flexibility index (Phi) is 6.96. The van der Waals surface area contributed by atoms with Crippen molar-refractivity contribution in [2.75, 3.05) is 5.32 Å². The zero-order chi connectivity index (χ0) is 20.8. The lowest BCUT2D eigenvalue weighted by Crippen LogP contribution is -2.08. The van der Waals surface area contributed by atoms with Crippen LogP contribution in [0.1, 0.15) is 49.8 Å². The molecular formula is C25H27ClFN3. The SMILES string of the molecule is Fc1cccc(CNc2cccc(-c3cc(CCC4CCCCC4)ncc3Cl)n2)c1. The maximum atomic E-state index is 13.4. The van der Waals surface area contributed by atoms with Gasteiger partial charge in [0.05, 0.1) is 10.7 Å². The Bertz CT molecular complexity index is 986. The number of hydrogen-bond acceptors (Lipinski definition) is 3. The third-order valence-corrected chi connectivity index (χ3v) is 6.13. The Labute approximate surface area is 182 Å². The van der Waals surface area contributed by atoms with Gasteiger partial charge in [0.25, 0.3) is 0 Å². The lowest BCUT2D eigenvalue weighted by molar-refractivity contribution is 0.338. The lowest BCUT2D eigenvalue weighted by atomic mass is 9.85. The number of aryl methyl sites for hydroxylation is 1. The van der Waals surface area contributed by atoms with E-state index in [0.717, 1.165) is 40.7 Å². The van der Waals surface area contributed by atoms with Crippen LogP contribution in [0, 0.1) is 11.7 Å². The summed E-state index contributed by atoms with van der Waals surface area (Å²) in [6, 6.07) is 14.5. The third-order valence-electron chi connectivity index (χ3n) is 5.83. The maximum Gasteiger partial charge on any atom is 0.126 e. The number of pyridine rings is 2. The van der Waals surface area contributed by atoms with Gasteiger partial charge < -0.3 is 5.32 Å². The highest BCUT2D eigenvalue weighted by Gasteiger charge is 2.14. The first-order valence-electron chi connectivity index (χ1n) is 10.8. The molecule has 0 saturated heterocycles. The minimum Gasteiger partial charge on any atom is -0.366 e. The second-order valence-corrected chi connectivity index (χ2v) is 8.50. The normalized spacial score (nSPS) is 14.6. The Morgan fingerprint density at radius 1 is 1.03 bits per heavy atom. The smallest absolute Gasteiger partial charge is 0.126 e. The molecule has 1 N–H and O–H groups in total. The van der Waals surface area contributed by atoms with Gasteiger partial charge in [-0.1, -0.05) is 61.9 Å². The fourth-order valence-electron chi connectivity index (χ4n) is 4.17. The van der Waals surface area contributed by atoms with E-state index < -0.39 is 0 Å². The second-order valence-electron chi connectivity index (χ2n) is 8.09. The molecule has 1 aliphatic carbocycles. The average molecular weight is 424 g/mol. The number of rotatable bonds is 7. The Morgan fingerprint density at radius 2 is 1.87 bits per heavy atom. The van der Waals surface area contributed by atoms with E-state index in [2.05, 4.69) is 16.4 Å². The quantitative estimate of drug-likeness (QED) is 0.442. The number of nitrogens with one attached hydrogen (secondary N) is 1. The molecule has 1 aromatic carbocycles. The topological polar surface area (TPSA) is 37.8 Å². The molecule has 0 spiro atoms. The van der Waals surface area contributed by atoms with E-state index in [4.69, 9.17) is 16.6 Å². The van der Waals surface area contributed by atoms with Gasteiger partial charge >= 0.3 is 0 Å². The zero-order valence-corrected chi connectivity index (χ0v) is 17.8. The Balaban J connectivity index is 1.45. The standard InChI is InChI=1S/C25H27ClFN3/c26-23-17-28-21(13-12-18-6-2-1-3-7-18)15-22(23)24-10-5-11-25(30-24)29-16-19-8-4-9-20(27)14-19/h4-5,8-11,14-15,17-18H,1-3,6-7,12-13,16H2,(H,29,30). The molecule has 156 valence electrons. The second kappa shape index (κ2) is 10.0. The Hall–Kier alpha value is -2.46. The summed E-state index contributed by atoms with van der Waals surface area (Å²) in [4.78, 5) is 9.26. The fraction of sp³-hybridized carbons (Fsp3) is 0.360.